The van der Waals surface area contributed by atoms with Crippen molar-refractivity contribution in [2.45, 2.75) is 52.2 Å². The Hall–Kier alpha value is -1.39. The summed E-state index contributed by atoms with van der Waals surface area (Å²) in [7, 11) is 0. The molecule has 0 aliphatic carbocycles. The van der Waals surface area contributed by atoms with Gasteiger partial charge in [0.25, 0.3) is 0 Å². The molecule has 3 atom stereocenters. The Kier molecular flexibility index (Phi) is 8.78. The highest BCUT2D eigenvalue weighted by Crippen LogP contribution is 2.26. The Morgan fingerprint density at radius 3 is 2.82 bits per heavy atom. The molecule has 1 aliphatic rings. The standard InChI is InChI=1S/C18H29NO3/c1-4-5-6-7-8-9-10-15(3)18-16(22-17(20)12-19)11-14(2)13-21-18/h6-10,14,16,18H,4-5,11-13,19H2,1-3H3/b7-6+,9-8+,15-10+/t14-,16-,18+/m1/s1. The van der Waals surface area contributed by atoms with Crippen LogP contribution in [0.2, 0.25) is 0 Å². The van der Waals surface area contributed by atoms with Gasteiger partial charge in [0.2, 0.25) is 0 Å². The van der Waals surface area contributed by atoms with Crippen molar-refractivity contribution < 1.29 is 14.3 Å². The van der Waals surface area contributed by atoms with Crippen LogP contribution in [0.3, 0.4) is 0 Å². The van der Waals surface area contributed by atoms with Gasteiger partial charge in [-0.3, -0.25) is 4.79 Å². The van der Waals surface area contributed by atoms with Crippen LogP contribution in [0.1, 0.15) is 40.0 Å². The van der Waals surface area contributed by atoms with Gasteiger partial charge in [0.1, 0.15) is 12.2 Å². The van der Waals surface area contributed by atoms with Gasteiger partial charge < -0.3 is 15.2 Å². The third kappa shape index (κ3) is 6.58. The first kappa shape index (κ1) is 18.7. The van der Waals surface area contributed by atoms with Crippen molar-refractivity contribution in [1.29, 1.82) is 0 Å². The quantitative estimate of drug-likeness (QED) is 0.580. The lowest BCUT2D eigenvalue weighted by Crippen LogP contribution is -2.42. The number of unbranched alkanes of at least 4 members (excludes halogenated alkanes) is 1. The molecule has 0 aromatic heterocycles. The van der Waals surface area contributed by atoms with Crippen molar-refractivity contribution in [2.75, 3.05) is 13.2 Å². The lowest BCUT2D eigenvalue weighted by molar-refractivity contribution is -0.162. The molecule has 0 aromatic rings. The highest BCUT2D eigenvalue weighted by molar-refractivity contribution is 5.71. The minimum Gasteiger partial charge on any atom is -0.458 e. The monoisotopic (exact) mass is 307 g/mol. The summed E-state index contributed by atoms with van der Waals surface area (Å²) in [6, 6.07) is 0. The van der Waals surface area contributed by atoms with E-state index in [1.54, 1.807) is 0 Å². The van der Waals surface area contributed by atoms with Crippen LogP contribution in [0.25, 0.3) is 0 Å². The fourth-order valence-electron chi connectivity index (χ4n) is 2.42. The molecule has 4 nitrogen and oxygen atoms in total. The molecule has 1 rings (SSSR count). The fraction of sp³-hybridized carbons (Fsp3) is 0.611. The van der Waals surface area contributed by atoms with Crippen molar-refractivity contribution >= 4 is 5.97 Å². The van der Waals surface area contributed by atoms with Gasteiger partial charge in [-0.1, -0.05) is 50.6 Å². The normalized spacial score (nSPS) is 26.7. The predicted octanol–water partition coefficient (Wildman–Crippen LogP) is 3.14. The van der Waals surface area contributed by atoms with Crippen molar-refractivity contribution in [2.24, 2.45) is 11.7 Å². The lowest BCUT2D eigenvalue weighted by atomic mass is 9.93. The van der Waals surface area contributed by atoms with Crippen LogP contribution in [0.4, 0.5) is 0 Å². The van der Waals surface area contributed by atoms with Crippen LogP contribution < -0.4 is 5.73 Å². The van der Waals surface area contributed by atoms with Crippen LogP contribution >= 0.6 is 0 Å². The summed E-state index contributed by atoms with van der Waals surface area (Å²) >= 11 is 0. The number of carbonyl (C=O) groups is 1. The molecule has 1 fully saturated rings. The molecule has 0 spiro atoms. The van der Waals surface area contributed by atoms with Gasteiger partial charge in [-0.2, -0.15) is 0 Å². The maximum Gasteiger partial charge on any atom is 0.320 e. The molecule has 4 heteroatoms. The van der Waals surface area contributed by atoms with Crippen LogP contribution in [0, 0.1) is 5.92 Å². The molecule has 22 heavy (non-hydrogen) atoms. The van der Waals surface area contributed by atoms with Crippen LogP contribution in [-0.2, 0) is 14.3 Å². The van der Waals surface area contributed by atoms with Crippen molar-refractivity contribution in [3.8, 4) is 0 Å². The lowest BCUT2D eigenvalue weighted by Gasteiger charge is -2.35. The zero-order valence-electron chi connectivity index (χ0n) is 14.0. The van der Waals surface area contributed by atoms with Crippen LogP contribution in [-0.4, -0.2) is 31.3 Å². The first-order chi connectivity index (χ1) is 10.6. The smallest absolute Gasteiger partial charge is 0.320 e. The molecule has 0 bridgehead atoms. The van der Waals surface area contributed by atoms with Crippen molar-refractivity contribution in [1.82, 2.24) is 0 Å². The Labute approximate surface area is 134 Å². The van der Waals surface area contributed by atoms with Gasteiger partial charge in [-0.15, -0.1) is 0 Å². The number of rotatable bonds is 7. The molecule has 0 radical (unpaired) electrons. The molecule has 0 amide bonds. The zero-order chi connectivity index (χ0) is 16.4. The van der Waals surface area contributed by atoms with Gasteiger partial charge >= 0.3 is 5.97 Å². The van der Waals surface area contributed by atoms with Crippen molar-refractivity contribution in [3.63, 3.8) is 0 Å². The third-order valence-electron chi connectivity index (χ3n) is 3.60. The Balaban J connectivity index is 2.66. The molecule has 1 heterocycles. The van der Waals surface area contributed by atoms with E-state index in [0.29, 0.717) is 12.5 Å². The number of carbonyl (C=O) groups excluding carboxylic acids is 1. The largest absolute Gasteiger partial charge is 0.458 e. The number of allylic oxidation sites excluding steroid dienone is 5. The van der Waals surface area contributed by atoms with Crippen LogP contribution in [0.15, 0.2) is 36.0 Å². The van der Waals surface area contributed by atoms with E-state index in [1.165, 1.54) is 0 Å². The minimum atomic E-state index is -0.376. The second-order valence-electron chi connectivity index (χ2n) is 5.84. The summed E-state index contributed by atoms with van der Waals surface area (Å²) in [6.45, 7) is 6.85. The molecular weight excluding hydrogens is 278 g/mol. The predicted molar refractivity (Wildman–Crippen MR) is 89.4 cm³/mol. The Bertz CT molecular complexity index is 426. The second kappa shape index (κ2) is 10.4. The van der Waals surface area contributed by atoms with E-state index in [2.05, 4.69) is 19.9 Å². The number of hydrogen-bond donors (Lipinski definition) is 1. The fourth-order valence-corrected chi connectivity index (χ4v) is 2.42. The summed E-state index contributed by atoms with van der Waals surface area (Å²) in [5, 5.41) is 0. The van der Waals surface area contributed by atoms with Gasteiger partial charge in [-0.25, -0.2) is 0 Å². The van der Waals surface area contributed by atoms with E-state index in [9.17, 15) is 4.79 Å². The Morgan fingerprint density at radius 2 is 2.14 bits per heavy atom. The molecule has 0 aromatic carbocycles. The number of esters is 1. The highest BCUT2D eigenvalue weighted by Gasteiger charge is 2.33. The highest BCUT2D eigenvalue weighted by atomic mass is 16.6. The Morgan fingerprint density at radius 1 is 1.36 bits per heavy atom. The average Bonchev–Trinajstić information content (AvgIpc) is 2.50. The van der Waals surface area contributed by atoms with Gasteiger partial charge in [-0.05, 0) is 31.3 Å². The summed E-state index contributed by atoms with van der Waals surface area (Å²) in [5.74, 6) is 0.00526. The van der Waals surface area contributed by atoms with E-state index >= 15 is 0 Å². The summed E-state index contributed by atoms with van der Waals surface area (Å²) in [4.78, 5) is 11.5. The summed E-state index contributed by atoms with van der Waals surface area (Å²) < 4.78 is 11.3. The minimum absolute atomic E-state index is 0.0948. The first-order valence-electron chi connectivity index (χ1n) is 8.09. The van der Waals surface area contributed by atoms with E-state index in [0.717, 1.165) is 24.8 Å². The first-order valence-corrected chi connectivity index (χ1v) is 8.09. The number of nitrogens with two attached hydrogens (primary N) is 1. The molecule has 0 saturated carbocycles. The molecule has 2 N–H and O–H groups in total. The maximum atomic E-state index is 11.5. The molecule has 1 aliphatic heterocycles. The van der Waals surface area contributed by atoms with E-state index in [4.69, 9.17) is 15.2 Å². The molecule has 0 unspecified atom stereocenters. The molecule has 1 saturated heterocycles. The van der Waals surface area contributed by atoms with E-state index < -0.39 is 0 Å². The number of ether oxygens (including phenoxy) is 2. The van der Waals surface area contributed by atoms with Crippen molar-refractivity contribution in [3.05, 3.63) is 36.0 Å². The number of hydrogen-bond acceptors (Lipinski definition) is 4. The third-order valence-corrected chi connectivity index (χ3v) is 3.60. The summed E-state index contributed by atoms with van der Waals surface area (Å²) in [6.07, 6.45) is 12.8. The van der Waals surface area contributed by atoms with Gasteiger partial charge in [0.15, 0.2) is 0 Å². The zero-order valence-corrected chi connectivity index (χ0v) is 14.0. The van der Waals surface area contributed by atoms with E-state index in [-0.39, 0.29) is 24.7 Å². The average molecular weight is 307 g/mol. The van der Waals surface area contributed by atoms with Gasteiger partial charge in [0.05, 0.1) is 13.2 Å². The molecular formula is C18H29NO3. The van der Waals surface area contributed by atoms with Gasteiger partial charge in [0, 0.05) is 0 Å². The topological polar surface area (TPSA) is 61.5 Å². The van der Waals surface area contributed by atoms with Crippen LogP contribution in [0.5, 0.6) is 0 Å². The second-order valence-corrected chi connectivity index (χ2v) is 5.84. The maximum absolute atomic E-state index is 11.5. The summed E-state index contributed by atoms with van der Waals surface area (Å²) in [5.41, 5.74) is 6.39. The molecule has 124 valence electrons. The SMILES string of the molecule is CCC/C=C/C=C/C=C(\C)[C@@H]1OC[C@H](C)C[C@H]1OC(=O)CN. The van der Waals surface area contributed by atoms with E-state index in [1.807, 2.05) is 31.2 Å².